The molecular weight excluding hydrogens is 160 g/mol. The number of ketones is 1. The highest BCUT2D eigenvalue weighted by Crippen LogP contribution is 2.36. The van der Waals surface area contributed by atoms with Crippen LogP contribution in [0.25, 0.3) is 0 Å². The van der Waals surface area contributed by atoms with Gasteiger partial charge in [-0.2, -0.15) is 0 Å². The maximum Gasteiger partial charge on any atom is 0.136 e. The summed E-state index contributed by atoms with van der Waals surface area (Å²) in [5, 5.41) is 0. The summed E-state index contributed by atoms with van der Waals surface area (Å²) in [5.41, 5.74) is 0. The van der Waals surface area contributed by atoms with Crippen molar-refractivity contribution in [2.24, 2.45) is 11.8 Å². The summed E-state index contributed by atoms with van der Waals surface area (Å²) in [6.07, 6.45) is 11.2. The largest absolute Gasteiger partial charge is 0.299 e. The zero-order valence-electron chi connectivity index (χ0n) is 8.43. The summed E-state index contributed by atoms with van der Waals surface area (Å²) in [6.45, 7) is 0. The van der Waals surface area contributed by atoms with Crippen LogP contribution in [0.3, 0.4) is 0 Å². The predicted molar refractivity (Wildman–Crippen MR) is 53.5 cm³/mol. The van der Waals surface area contributed by atoms with E-state index in [1.54, 1.807) is 0 Å². The number of hydrogen-bond donors (Lipinski definition) is 0. The van der Waals surface area contributed by atoms with Crippen LogP contribution in [0.15, 0.2) is 0 Å². The molecule has 0 aromatic heterocycles. The lowest BCUT2D eigenvalue weighted by Gasteiger charge is -2.20. The molecule has 74 valence electrons. The maximum absolute atomic E-state index is 11.8. The number of carbonyl (C=O) groups excluding carboxylic acids is 1. The molecule has 1 nitrogen and oxygen atoms in total. The summed E-state index contributed by atoms with van der Waals surface area (Å²) >= 11 is 0. The van der Waals surface area contributed by atoms with Crippen molar-refractivity contribution in [3.63, 3.8) is 0 Å². The second-order valence-corrected chi connectivity index (χ2v) is 4.72. The Morgan fingerprint density at radius 3 is 2.38 bits per heavy atom. The summed E-state index contributed by atoms with van der Waals surface area (Å²) in [6, 6.07) is 0. The van der Waals surface area contributed by atoms with E-state index in [0.29, 0.717) is 11.7 Å². The smallest absolute Gasteiger partial charge is 0.136 e. The Morgan fingerprint density at radius 2 is 1.54 bits per heavy atom. The predicted octanol–water partition coefficient (Wildman–Crippen LogP) is 3.33. The van der Waals surface area contributed by atoms with Crippen LogP contribution in [-0.4, -0.2) is 5.78 Å². The van der Waals surface area contributed by atoms with Gasteiger partial charge in [0, 0.05) is 12.3 Å². The lowest BCUT2D eigenvalue weighted by Crippen LogP contribution is -2.20. The van der Waals surface area contributed by atoms with Gasteiger partial charge in [-0.1, -0.05) is 25.7 Å². The van der Waals surface area contributed by atoms with Crippen LogP contribution in [0.4, 0.5) is 0 Å². The molecule has 0 aliphatic heterocycles. The Balaban J connectivity index is 2.07. The Kier molecular flexibility index (Phi) is 3.02. The van der Waals surface area contributed by atoms with E-state index in [2.05, 4.69) is 0 Å². The van der Waals surface area contributed by atoms with Crippen LogP contribution >= 0.6 is 0 Å². The van der Waals surface area contributed by atoms with E-state index in [1.165, 1.54) is 44.9 Å². The van der Waals surface area contributed by atoms with Gasteiger partial charge in [0.15, 0.2) is 0 Å². The average molecular weight is 180 g/mol. The fourth-order valence-electron chi connectivity index (χ4n) is 3.04. The SMILES string of the molecule is O=C1CCCCC2CCCCCC12. The zero-order chi connectivity index (χ0) is 9.10. The van der Waals surface area contributed by atoms with E-state index in [0.717, 1.165) is 18.8 Å². The number of rotatable bonds is 0. The summed E-state index contributed by atoms with van der Waals surface area (Å²) in [4.78, 5) is 11.8. The molecule has 1 heteroatoms. The standard InChI is InChI=1S/C12H20O/c13-12-9-5-4-7-10-6-2-1-3-8-11(10)12/h10-11H,1-9H2. The average Bonchev–Trinajstić information content (AvgIpc) is 2.43. The monoisotopic (exact) mass is 180 g/mol. The molecule has 0 aromatic carbocycles. The maximum atomic E-state index is 11.8. The van der Waals surface area contributed by atoms with Gasteiger partial charge in [0.25, 0.3) is 0 Å². The highest BCUT2D eigenvalue weighted by atomic mass is 16.1. The molecule has 0 bridgehead atoms. The van der Waals surface area contributed by atoms with Gasteiger partial charge in [-0.3, -0.25) is 4.79 Å². The molecule has 0 N–H and O–H groups in total. The molecular formula is C12H20O. The third-order valence-electron chi connectivity index (χ3n) is 3.82. The minimum atomic E-state index is 0.463. The number of Topliss-reactive ketones (excluding diaryl/α,β-unsaturated/α-hetero) is 1. The van der Waals surface area contributed by atoms with Gasteiger partial charge in [0.2, 0.25) is 0 Å². The highest BCUT2D eigenvalue weighted by molar-refractivity contribution is 5.81. The van der Waals surface area contributed by atoms with E-state index < -0.39 is 0 Å². The van der Waals surface area contributed by atoms with Crippen LogP contribution in [0.5, 0.6) is 0 Å². The third kappa shape index (κ3) is 2.12. The van der Waals surface area contributed by atoms with Gasteiger partial charge in [0.1, 0.15) is 5.78 Å². The molecule has 0 amide bonds. The molecule has 2 aliphatic carbocycles. The van der Waals surface area contributed by atoms with Crippen LogP contribution in [0, 0.1) is 11.8 Å². The molecule has 2 rings (SSSR count). The third-order valence-corrected chi connectivity index (χ3v) is 3.82. The van der Waals surface area contributed by atoms with E-state index in [-0.39, 0.29) is 0 Å². The minimum absolute atomic E-state index is 0.463. The molecule has 0 saturated heterocycles. The molecule has 0 aromatic rings. The van der Waals surface area contributed by atoms with Crippen LogP contribution in [0.1, 0.15) is 57.8 Å². The first kappa shape index (κ1) is 9.23. The molecule has 2 unspecified atom stereocenters. The topological polar surface area (TPSA) is 17.1 Å². The van der Waals surface area contributed by atoms with Crippen LogP contribution in [0.2, 0.25) is 0 Å². The van der Waals surface area contributed by atoms with Crippen molar-refractivity contribution in [2.75, 3.05) is 0 Å². The number of hydrogen-bond acceptors (Lipinski definition) is 1. The molecule has 2 saturated carbocycles. The van der Waals surface area contributed by atoms with Crippen molar-refractivity contribution in [2.45, 2.75) is 57.8 Å². The number of fused-ring (bicyclic) bond motifs is 1. The van der Waals surface area contributed by atoms with Gasteiger partial charge >= 0.3 is 0 Å². The highest BCUT2D eigenvalue weighted by Gasteiger charge is 2.30. The van der Waals surface area contributed by atoms with Crippen molar-refractivity contribution in [1.82, 2.24) is 0 Å². The molecule has 0 radical (unpaired) electrons. The number of carbonyl (C=O) groups is 1. The molecule has 2 atom stereocenters. The van der Waals surface area contributed by atoms with E-state index in [9.17, 15) is 4.79 Å². The summed E-state index contributed by atoms with van der Waals surface area (Å²) < 4.78 is 0. The fourth-order valence-corrected chi connectivity index (χ4v) is 3.04. The van der Waals surface area contributed by atoms with Crippen molar-refractivity contribution < 1.29 is 4.79 Å². The molecule has 0 spiro atoms. The fraction of sp³-hybridized carbons (Fsp3) is 0.917. The quantitative estimate of drug-likeness (QED) is 0.559. The van der Waals surface area contributed by atoms with Gasteiger partial charge in [-0.05, 0) is 31.6 Å². The molecule has 2 fully saturated rings. The second kappa shape index (κ2) is 4.26. The Hall–Kier alpha value is -0.330. The second-order valence-electron chi connectivity index (χ2n) is 4.72. The lowest BCUT2D eigenvalue weighted by molar-refractivity contribution is -0.124. The van der Waals surface area contributed by atoms with Crippen molar-refractivity contribution >= 4 is 5.78 Å². The molecule has 2 aliphatic rings. The van der Waals surface area contributed by atoms with Gasteiger partial charge in [-0.15, -0.1) is 0 Å². The van der Waals surface area contributed by atoms with Gasteiger partial charge in [-0.25, -0.2) is 0 Å². The lowest BCUT2D eigenvalue weighted by atomic mass is 9.83. The minimum Gasteiger partial charge on any atom is -0.299 e. The summed E-state index contributed by atoms with van der Waals surface area (Å²) in [7, 11) is 0. The van der Waals surface area contributed by atoms with Gasteiger partial charge in [0.05, 0.1) is 0 Å². The van der Waals surface area contributed by atoms with E-state index >= 15 is 0 Å². The molecule has 0 heterocycles. The van der Waals surface area contributed by atoms with E-state index in [1.807, 2.05) is 0 Å². The first-order chi connectivity index (χ1) is 6.38. The zero-order valence-corrected chi connectivity index (χ0v) is 8.43. The van der Waals surface area contributed by atoms with Crippen molar-refractivity contribution in [3.8, 4) is 0 Å². The van der Waals surface area contributed by atoms with E-state index in [4.69, 9.17) is 0 Å². The van der Waals surface area contributed by atoms with Crippen LogP contribution in [-0.2, 0) is 4.79 Å². The normalized spacial score (nSPS) is 36.2. The first-order valence-corrected chi connectivity index (χ1v) is 5.90. The Bertz CT molecular complexity index is 184. The van der Waals surface area contributed by atoms with Crippen molar-refractivity contribution in [1.29, 1.82) is 0 Å². The first-order valence-electron chi connectivity index (χ1n) is 5.90. The molecule has 13 heavy (non-hydrogen) atoms. The Morgan fingerprint density at radius 1 is 0.846 bits per heavy atom. The summed E-state index contributed by atoms with van der Waals surface area (Å²) in [5.74, 6) is 1.81. The van der Waals surface area contributed by atoms with Gasteiger partial charge < -0.3 is 0 Å². The van der Waals surface area contributed by atoms with Crippen LogP contribution < -0.4 is 0 Å². The Labute approximate surface area is 80.9 Å². The van der Waals surface area contributed by atoms with Crippen molar-refractivity contribution in [3.05, 3.63) is 0 Å².